The van der Waals surface area contributed by atoms with Crippen molar-refractivity contribution >= 4 is 0 Å². The minimum Gasteiger partial charge on any atom is -0.296 e. The smallest absolute Gasteiger partial charge is 0.132 e. The van der Waals surface area contributed by atoms with Crippen molar-refractivity contribution in [3.63, 3.8) is 0 Å². The van der Waals surface area contributed by atoms with Crippen LogP contribution in [-0.2, 0) is 13.0 Å². The van der Waals surface area contributed by atoms with Crippen molar-refractivity contribution in [2.75, 3.05) is 6.54 Å². The molecule has 152 valence electrons. The SMILES string of the molecule is CCC(CCc1ccc(C2CC(F)C(F)C2)cc1)N(CC)Cc1ccccc1. The van der Waals surface area contributed by atoms with Crippen LogP contribution < -0.4 is 0 Å². The Hall–Kier alpha value is -1.74. The summed E-state index contributed by atoms with van der Waals surface area (Å²) in [6.45, 7) is 6.54. The highest BCUT2D eigenvalue weighted by molar-refractivity contribution is 5.27. The van der Waals surface area contributed by atoms with E-state index in [0.29, 0.717) is 18.9 Å². The molecule has 1 fully saturated rings. The van der Waals surface area contributed by atoms with E-state index in [-0.39, 0.29) is 5.92 Å². The van der Waals surface area contributed by atoms with Gasteiger partial charge in [-0.05, 0) is 61.3 Å². The van der Waals surface area contributed by atoms with Crippen LogP contribution in [-0.4, -0.2) is 29.8 Å². The first-order chi connectivity index (χ1) is 13.6. The van der Waals surface area contributed by atoms with E-state index in [1.54, 1.807) is 0 Å². The molecule has 0 spiro atoms. The van der Waals surface area contributed by atoms with Crippen LogP contribution in [0.4, 0.5) is 8.78 Å². The summed E-state index contributed by atoms with van der Waals surface area (Å²) >= 11 is 0. The maximum Gasteiger partial charge on any atom is 0.132 e. The summed E-state index contributed by atoms with van der Waals surface area (Å²) in [5.74, 6) is 0.0314. The Morgan fingerprint density at radius 2 is 1.54 bits per heavy atom. The number of aryl methyl sites for hydroxylation is 1. The molecule has 3 atom stereocenters. The largest absolute Gasteiger partial charge is 0.296 e. The van der Waals surface area contributed by atoms with Crippen molar-refractivity contribution in [2.45, 2.75) is 76.8 Å². The Kier molecular flexibility index (Phi) is 7.61. The Morgan fingerprint density at radius 1 is 0.893 bits per heavy atom. The summed E-state index contributed by atoms with van der Waals surface area (Å²) in [6, 6.07) is 19.7. The molecule has 3 unspecified atom stereocenters. The zero-order chi connectivity index (χ0) is 19.9. The van der Waals surface area contributed by atoms with Crippen molar-refractivity contribution in [3.05, 3.63) is 71.3 Å². The fraction of sp³-hybridized carbons (Fsp3) is 0.520. The highest BCUT2D eigenvalue weighted by Gasteiger charge is 2.35. The molecular weight excluding hydrogens is 352 g/mol. The topological polar surface area (TPSA) is 3.24 Å². The van der Waals surface area contributed by atoms with Gasteiger partial charge in [-0.1, -0.05) is 68.4 Å². The van der Waals surface area contributed by atoms with Gasteiger partial charge in [0.1, 0.15) is 12.3 Å². The third-order valence-corrected chi connectivity index (χ3v) is 6.25. The van der Waals surface area contributed by atoms with Crippen LogP contribution in [0.25, 0.3) is 0 Å². The average Bonchev–Trinajstić information content (AvgIpc) is 3.07. The summed E-state index contributed by atoms with van der Waals surface area (Å²) in [5, 5.41) is 0. The Labute approximate surface area is 168 Å². The van der Waals surface area contributed by atoms with Gasteiger partial charge < -0.3 is 0 Å². The van der Waals surface area contributed by atoms with E-state index in [1.807, 2.05) is 0 Å². The molecule has 0 radical (unpaired) electrons. The molecule has 0 heterocycles. The molecule has 28 heavy (non-hydrogen) atoms. The third-order valence-electron chi connectivity index (χ3n) is 6.25. The second-order valence-electron chi connectivity index (χ2n) is 8.09. The van der Waals surface area contributed by atoms with Gasteiger partial charge in [0.05, 0.1) is 0 Å². The van der Waals surface area contributed by atoms with Crippen molar-refractivity contribution < 1.29 is 8.78 Å². The first-order valence-electron chi connectivity index (χ1n) is 10.8. The number of nitrogens with zero attached hydrogens (tertiary/aromatic N) is 1. The van der Waals surface area contributed by atoms with E-state index >= 15 is 0 Å². The lowest BCUT2D eigenvalue weighted by Gasteiger charge is -2.30. The maximum absolute atomic E-state index is 13.5. The number of benzene rings is 2. The molecule has 0 saturated heterocycles. The van der Waals surface area contributed by atoms with Gasteiger partial charge >= 0.3 is 0 Å². The molecule has 1 aliphatic carbocycles. The van der Waals surface area contributed by atoms with Gasteiger partial charge in [-0.2, -0.15) is 0 Å². The standard InChI is InChI=1S/C25H33F2N/c1-3-23(28(4-2)18-20-8-6-5-7-9-20)15-12-19-10-13-21(14-11-19)22-16-24(26)25(27)17-22/h5-11,13-14,22-25H,3-4,12,15-18H2,1-2H3. The van der Waals surface area contributed by atoms with Crippen molar-refractivity contribution in [2.24, 2.45) is 0 Å². The fourth-order valence-electron chi connectivity index (χ4n) is 4.46. The summed E-state index contributed by atoms with van der Waals surface area (Å²) in [5.41, 5.74) is 3.75. The predicted molar refractivity (Wildman–Crippen MR) is 113 cm³/mol. The number of alkyl halides is 2. The Morgan fingerprint density at radius 3 is 2.11 bits per heavy atom. The van der Waals surface area contributed by atoms with Crippen molar-refractivity contribution in [1.82, 2.24) is 4.90 Å². The van der Waals surface area contributed by atoms with Crippen LogP contribution in [0.2, 0.25) is 0 Å². The van der Waals surface area contributed by atoms with Crippen LogP contribution in [0.3, 0.4) is 0 Å². The first-order valence-corrected chi connectivity index (χ1v) is 10.8. The summed E-state index contributed by atoms with van der Waals surface area (Å²) in [7, 11) is 0. The molecule has 3 rings (SSSR count). The van der Waals surface area contributed by atoms with Crippen LogP contribution in [0.5, 0.6) is 0 Å². The van der Waals surface area contributed by atoms with Crippen molar-refractivity contribution in [3.8, 4) is 0 Å². The zero-order valence-electron chi connectivity index (χ0n) is 17.2. The van der Waals surface area contributed by atoms with Gasteiger partial charge in [-0.3, -0.25) is 4.90 Å². The molecule has 1 nitrogen and oxygen atoms in total. The zero-order valence-corrected chi connectivity index (χ0v) is 17.2. The van der Waals surface area contributed by atoms with E-state index in [9.17, 15) is 8.78 Å². The summed E-state index contributed by atoms with van der Waals surface area (Å²) in [4.78, 5) is 2.56. The summed E-state index contributed by atoms with van der Waals surface area (Å²) < 4.78 is 26.9. The summed E-state index contributed by atoms with van der Waals surface area (Å²) in [6.07, 6.45) is 1.36. The molecular formula is C25H33F2N. The fourth-order valence-corrected chi connectivity index (χ4v) is 4.46. The minimum absolute atomic E-state index is 0.0314. The van der Waals surface area contributed by atoms with Crippen LogP contribution in [0.1, 0.15) is 62.1 Å². The predicted octanol–water partition coefficient (Wildman–Crippen LogP) is 6.47. The van der Waals surface area contributed by atoms with E-state index in [1.165, 1.54) is 11.1 Å². The number of rotatable bonds is 9. The van der Waals surface area contributed by atoms with Crippen LogP contribution >= 0.6 is 0 Å². The lowest BCUT2D eigenvalue weighted by molar-refractivity contribution is 0.182. The monoisotopic (exact) mass is 385 g/mol. The Bertz CT molecular complexity index is 690. The molecule has 0 aliphatic heterocycles. The highest BCUT2D eigenvalue weighted by Crippen LogP contribution is 2.38. The van der Waals surface area contributed by atoms with Crippen LogP contribution in [0.15, 0.2) is 54.6 Å². The van der Waals surface area contributed by atoms with E-state index in [4.69, 9.17) is 0 Å². The molecule has 0 bridgehead atoms. The van der Waals surface area contributed by atoms with Gasteiger partial charge in [0.25, 0.3) is 0 Å². The normalized spacial score (nSPS) is 23.2. The van der Waals surface area contributed by atoms with Gasteiger partial charge in [0.15, 0.2) is 0 Å². The number of halogens is 2. The van der Waals surface area contributed by atoms with Gasteiger partial charge in [0, 0.05) is 12.6 Å². The van der Waals surface area contributed by atoms with Crippen LogP contribution in [0, 0.1) is 0 Å². The number of hydrogen-bond acceptors (Lipinski definition) is 1. The first kappa shape index (κ1) is 21.0. The van der Waals surface area contributed by atoms with Crippen molar-refractivity contribution in [1.29, 1.82) is 0 Å². The molecule has 0 amide bonds. The third kappa shape index (κ3) is 5.41. The lowest BCUT2D eigenvalue weighted by Crippen LogP contribution is -2.34. The van der Waals surface area contributed by atoms with Gasteiger partial charge in [-0.25, -0.2) is 8.78 Å². The Balaban J connectivity index is 1.55. The molecule has 1 saturated carbocycles. The molecule has 0 N–H and O–H groups in total. The highest BCUT2D eigenvalue weighted by atomic mass is 19.2. The van der Waals surface area contributed by atoms with E-state index in [2.05, 4.69) is 73.3 Å². The van der Waals surface area contributed by atoms with Gasteiger partial charge in [-0.15, -0.1) is 0 Å². The maximum atomic E-state index is 13.5. The van der Waals surface area contributed by atoms with E-state index in [0.717, 1.165) is 37.9 Å². The second-order valence-corrected chi connectivity index (χ2v) is 8.09. The van der Waals surface area contributed by atoms with E-state index < -0.39 is 12.3 Å². The molecule has 2 aromatic carbocycles. The molecule has 0 aromatic heterocycles. The quantitative estimate of drug-likeness (QED) is 0.478. The average molecular weight is 386 g/mol. The second kappa shape index (κ2) is 10.2. The lowest BCUT2D eigenvalue weighted by atomic mass is 9.95. The number of hydrogen-bond donors (Lipinski definition) is 0. The van der Waals surface area contributed by atoms with Gasteiger partial charge in [0.2, 0.25) is 0 Å². The molecule has 1 aliphatic rings. The molecule has 3 heteroatoms. The minimum atomic E-state index is -1.29. The molecule has 2 aromatic rings.